The second-order valence-corrected chi connectivity index (χ2v) is 4.06. The summed E-state index contributed by atoms with van der Waals surface area (Å²) in [7, 11) is -3.31. The van der Waals surface area contributed by atoms with Crippen molar-refractivity contribution < 1.29 is 13.5 Å². The Morgan fingerprint density at radius 3 is 2.33 bits per heavy atom. The highest BCUT2D eigenvalue weighted by Crippen LogP contribution is 1.96. The second-order valence-electron chi connectivity index (χ2n) is 1.72. The molecule has 0 aromatic carbocycles. The third-order valence-electron chi connectivity index (χ3n) is 0.870. The summed E-state index contributed by atoms with van der Waals surface area (Å²) in [4.78, 5) is 0. The van der Waals surface area contributed by atoms with Crippen molar-refractivity contribution in [2.24, 2.45) is 0 Å². The Bertz CT molecular complexity index is 178. The van der Waals surface area contributed by atoms with Gasteiger partial charge in [-0.05, 0) is 6.92 Å². The van der Waals surface area contributed by atoms with Crippen molar-refractivity contribution in [3.05, 3.63) is 12.7 Å². The smallest absolute Gasteiger partial charge is 0.180 e. The molecule has 0 aliphatic rings. The number of rotatable bonds is 3. The van der Waals surface area contributed by atoms with Crippen LogP contribution in [0.3, 0.4) is 0 Å². The van der Waals surface area contributed by atoms with Gasteiger partial charge in [-0.25, -0.2) is 8.42 Å². The van der Waals surface area contributed by atoms with Crippen LogP contribution in [0.1, 0.15) is 6.92 Å². The molecule has 0 rings (SSSR count). The largest absolute Gasteiger partial charge is 0.377 e. The lowest BCUT2D eigenvalue weighted by Crippen LogP contribution is -2.18. The highest BCUT2D eigenvalue weighted by atomic mass is 32.2. The van der Waals surface area contributed by atoms with Gasteiger partial charge in [0.1, 0.15) is 0 Å². The lowest BCUT2D eigenvalue weighted by Gasteiger charge is -2.01. The van der Waals surface area contributed by atoms with Gasteiger partial charge in [-0.3, -0.25) is 0 Å². The minimum Gasteiger partial charge on any atom is -0.377 e. The van der Waals surface area contributed by atoms with Crippen LogP contribution >= 0.6 is 0 Å². The molecule has 0 radical (unpaired) electrons. The minimum absolute atomic E-state index is 0.162. The monoisotopic (exact) mass is 150 g/mol. The van der Waals surface area contributed by atoms with Gasteiger partial charge in [-0.2, -0.15) is 0 Å². The molecular weight excluding hydrogens is 140 g/mol. The number of aliphatic hydroxyl groups excluding tert-OH is 1. The predicted molar refractivity (Wildman–Crippen MR) is 35.7 cm³/mol. The molecule has 3 nitrogen and oxygen atoms in total. The molecule has 54 valence electrons. The van der Waals surface area contributed by atoms with Crippen LogP contribution in [0.4, 0.5) is 0 Å². The Morgan fingerprint density at radius 1 is 1.78 bits per heavy atom. The van der Waals surface area contributed by atoms with Crippen molar-refractivity contribution in [2.75, 3.05) is 5.75 Å². The number of sulfone groups is 1. The molecule has 0 aliphatic carbocycles. The molecule has 1 unspecified atom stereocenters. The minimum atomic E-state index is -3.31. The number of aliphatic hydroxyl groups is 1. The molecule has 0 spiro atoms. The third-order valence-corrected chi connectivity index (χ3v) is 2.61. The summed E-state index contributed by atoms with van der Waals surface area (Å²) >= 11 is 0. The van der Waals surface area contributed by atoms with Crippen molar-refractivity contribution in [1.82, 2.24) is 0 Å². The van der Waals surface area contributed by atoms with Crippen molar-refractivity contribution in [1.29, 1.82) is 0 Å². The van der Waals surface area contributed by atoms with Crippen LogP contribution in [0.5, 0.6) is 0 Å². The van der Waals surface area contributed by atoms with E-state index in [1.807, 2.05) is 0 Å². The Balaban J connectivity index is 4.22. The van der Waals surface area contributed by atoms with Gasteiger partial charge in [0.15, 0.2) is 15.3 Å². The van der Waals surface area contributed by atoms with Crippen molar-refractivity contribution in [3.63, 3.8) is 0 Å². The second kappa shape index (κ2) is 2.98. The standard InChI is InChI=1S/C5H10O3S/c1-3-4-9(7,8)5(2)6/h3,5-6H,1,4H2,2H3. The summed E-state index contributed by atoms with van der Waals surface area (Å²) in [5.74, 6) is -0.162. The first-order valence-electron chi connectivity index (χ1n) is 2.51. The lowest BCUT2D eigenvalue weighted by atomic mass is 10.8. The average Bonchev–Trinajstić information content (AvgIpc) is 1.65. The zero-order valence-electron chi connectivity index (χ0n) is 5.24. The first-order valence-corrected chi connectivity index (χ1v) is 4.23. The van der Waals surface area contributed by atoms with Crippen LogP contribution in [0, 0.1) is 0 Å². The van der Waals surface area contributed by atoms with Gasteiger partial charge in [0.25, 0.3) is 0 Å². The lowest BCUT2D eigenvalue weighted by molar-refractivity contribution is 0.269. The van der Waals surface area contributed by atoms with E-state index in [0.717, 1.165) is 0 Å². The third kappa shape index (κ3) is 2.62. The fourth-order valence-corrected chi connectivity index (χ4v) is 0.911. The molecule has 0 bridgehead atoms. The van der Waals surface area contributed by atoms with Crippen LogP contribution in [0.25, 0.3) is 0 Å². The normalized spacial score (nSPS) is 14.9. The molecule has 0 aliphatic heterocycles. The molecular formula is C5H10O3S. The van der Waals surface area contributed by atoms with Crippen LogP contribution in [0.2, 0.25) is 0 Å². The van der Waals surface area contributed by atoms with E-state index in [2.05, 4.69) is 6.58 Å². The number of hydrogen-bond donors (Lipinski definition) is 1. The summed E-state index contributed by atoms with van der Waals surface area (Å²) in [6, 6.07) is 0. The number of hydrogen-bond acceptors (Lipinski definition) is 3. The zero-order chi connectivity index (χ0) is 7.49. The summed E-state index contributed by atoms with van der Waals surface area (Å²) in [5, 5.41) is 8.58. The SMILES string of the molecule is C=CCS(=O)(=O)C(C)O. The van der Waals surface area contributed by atoms with E-state index >= 15 is 0 Å². The van der Waals surface area contributed by atoms with Gasteiger partial charge in [-0.1, -0.05) is 6.08 Å². The van der Waals surface area contributed by atoms with E-state index in [0.29, 0.717) is 0 Å². The summed E-state index contributed by atoms with van der Waals surface area (Å²) < 4.78 is 21.2. The van der Waals surface area contributed by atoms with E-state index in [-0.39, 0.29) is 5.75 Å². The van der Waals surface area contributed by atoms with Gasteiger partial charge in [0.05, 0.1) is 5.75 Å². The molecule has 0 heterocycles. The van der Waals surface area contributed by atoms with Crippen LogP contribution in [0.15, 0.2) is 12.7 Å². The predicted octanol–water partition coefficient (Wildman–Crippen LogP) is -0.0745. The van der Waals surface area contributed by atoms with Gasteiger partial charge < -0.3 is 5.11 Å². The Morgan fingerprint density at radius 2 is 2.22 bits per heavy atom. The van der Waals surface area contributed by atoms with E-state index < -0.39 is 15.3 Å². The van der Waals surface area contributed by atoms with Crippen molar-refractivity contribution in [2.45, 2.75) is 12.4 Å². The molecule has 4 heteroatoms. The topological polar surface area (TPSA) is 54.4 Å². The van der Waals surface area contributed by atoms with Gasteiger partial charge in [0.2, 0.25) is 0 Å². The molecule has 0 fully saturated rings. The molecule has 0 amide bonds. The molecule has 0 aromatic heterocycles. The molecule has 0 aromatic rings. The molecule has 1 atom stereocenters. The van der Waals surface area contributed by atoms with Gasteiger partial charge in [0, 0.05) is 0 Å². The van der Waals surface area contributed by atoms with E-state index in [9.17, 15) is 8.42 Å². The highest BCUT2D eigenvalue weighted by Gasteiger charge is 2.14. The van der Waals surface area contributed by atoms with Gasteiger partial charge >= 0.3 is 0 Å². The first kappa shape index (κ1) is 8.65. The van der Waals surface area contributed by atoms with Crippen LogP contribution < -0.4 is 0 Å². The quantitative estimate of drug-likeness (QED) is 0.573. The maximum absolute atomic E-state index is 10.6. The Kier molecular flexibility index (Phi) is 2.87. The first-order chi connectivity index (χ1) is 4.00. The summed E-state index contributed by atoms with van der Waals surface area (Å²) in [6.07, 6.45) is 1.25. The molecule has 1 N–H and O–H groups in total. The molecule has 0 saturated carbocycles. The Labute approximate surface area is 54.9 Å². The summed E-state index contributed by atoms with van der Waals surface area (Å²) in [6.45, 7) is 4.46. The van der Waals surface area contributed by atoms with Gasteiger partial charge in [-0.15, -0.1) is 6.58 Å². The van der Waals surface area contributed by atoms with E-state index in [1.165, 1.54) is 13.0 Å². The van der Waals surface area contributed by atoms with Crippen molar-refractivity contribution in [3.8, 4) is 0 Å². The summed E-state index contributed by atoms with van der Waals surface area (Å²) in [5.41, 5.74) is -1.28. The van der Waals surface area contributed by atoms with E-state index in [1.54, 1.807) is 0 Å². The maximum atomic E-state index is 10.6. The van der Waals surface area contributed by atoms with E-state index in [4.69, 9.17) is 5.11 Å². The van der Waals surface area contributed by atoms with Crippen LogP contribution in [-0.4, -0.2) is 24.7 Å². The highest BCUT2D eigenvalue weighted by molar-refractivity contribution is 7.91. The average molecular weight is 150 g/mol. The molecule has 0 saturated heterocycles. The fourth-order valence-electron chi connectivity index (χ4n) is 0.304. The Hall–Kier alpha value is -0.350. The fraction of sp³-hybridized carbons (Fsp3) is 0.600. The van der Waals surface area contributed by atoms with Crippen molar-refractivity contribution >= 4 is 9.84 Å². The molecule has 9 heavy (non-hydrogen) atoms. The zero-order valence-corrected chi connectivity index (χ0v) is 6.06. The van der Waals surface area contributed by atoms with Crippen LogP contribution in [-0.2, 0) is 9.84 Å². The maximum Gasteiger partial charge on any atom is 0.180 e.